The predicted octanol–water partition coefficient (Wildman–Crippen LogP) is 2.94. The lowest BCUT2D eigenvalue weighted by atomic mass is 9.84. The van der Waals surface area contributed by atoms with Crippen molar-refractivity contribution in [2.24, 2.45) is 17.8 Å². The van der Waals surface area contributed by atoms with Crippen molar-refractivity contribution in [3.05, 3.63) is 11.4 Å². The van der Waals surface area contributed by atoms with Crippen LogP contribution in [0.25, 0.3) is 0 Å². The van der Waals surface area contributed by atoms with Crippen LogP contribution in [-0.2, 0) is 0 Å². The van der Waals surface area contributed by atoms with Gasteiger partial charge >= 0.3 is 0 Å². The number of aliphatic hydroxyl groups excluding tert-OH is 2. The molecule has 0 radical (unpaired) electrons. The Morgan fingerprint density at radius 1 is 1.32 bits per heavy atom. The number of aromatic nitrogens is 2. The molecule has 22 heavy (non-hydrogen) atoms. The number of hydrogen-bond acceptors (Lipinski definition) is 4. The van der Waals surface area contributed by atoms with Gasteiger partial charge in [-0.1, -0.05) is 18.2 Å². The van der Waals surface area contributed by atoms with Crippen molar-refractivity contribution in [1.29, 1.82) is 0 Å². The highest BCUT2D eigenvalue weighted by Crippen LogP contribution is 2.52. The van der Waals surface area contributed by atoms with Gasteiger partial charge in [-0.15, -0.1) is 0 Å². The van der Waals surface area contributed by atoms with Gasteiger partial charge in [0.05, 0.1) is 18.4 Å². The third-order valence-corrected chi connectivity index (χ3v) is 6.89. The molecule has 2 aliphatic carbocycles. The quantitative estimate of drug-likeness (QED) is 0.790. The third-order valence-electron chi connectivity index (χ3n) is 5.79. The molecule has 1 heterocycles. The van der Waals surface area contributed by atoms with Crippen LogP contribution in [0.1, 0.15) is 50.0 Å². The summed E-state index contributed by atoms with van der Waals surface area (Å²) in [7, 11) is 0. The van der Waals surface area contributed by atoms with Crippen molar-refractivity contribution in [2.75, 3.05) is 12.4 Å². The van der Waals surface area contributed by atoms with Gasteiger partial charge in [0.1, 0.15) is 0 Å². The molecule has 2 N–H and O–H groups in total. The summed E-state index contributed by atoms with van der Waals surface area (Å²) < 4.78 is 2.38. The Kier molecular flexibility index (Phi) is 4.86. The highest BCUT2D eigenvalue weighted by molar-refractivity contribution is 7.99. The summed E-state index contributed by atoms with van der Waals surface area (Å²) in [6.07, 6.45) is 4.95. The van der Waals surface area contributed by atoms with Gasteiger partial charge in [-0.2, -0.15) is 0 Å². The van der Waals surface area contributed by atoms with Gasteiger partial charge in [0.25, 0.3) is 0 Å². The van der Waals surface area contributed by atoms with E-state index < -0.39 is 6.10 Å². The SMILES string of the molecule is Cc1nc(SCC(O)CO)n(C(C)C2CC3CCC2C3)c1C. The molecule has 1 aromatic rings. The van der Waals surface area contributed by atoms with E-state index in [0.29, 0.717) is 11.8 Å². The minimum absolute atomic E-state index is 0.187. The summed E-state index contributed by atoms with van der Waals surface area (Å²) >= 11 is 1.56. The Balaban J connectivity index is 1.79. The molecule has 4 nitrogen and oxygen atoms in total. The van der Waals surface area contributed by atoms with Gasteiger partial charge < -0.3 is 14.8 Å². The van der Waals surface area contributed by atoms with Crippen LogP contribution in [0, 0.1) is 31.6 Å². The molecule has 0 aliphatic heterocycles. The van der Waals surface area contributed by atoms with E-state index in [-0.39, 0.29) is 6.61 Å². The predicted molar refractivity (Wildman–Crippen MR) is 89.2 cm³/mol. The second-order valence-corrected chi connectivity index (χ2v) is 8.15. The average Bonchev–Trinajstić information content (AvgIpc) is 3.20. The van der Waals surface area contributed by atoms with Crippen molar-refractivity contribution in [2.45, 2.75) is 63.8 Å². The Labute approximate surface area is 137 Å². The molecule has 5 atom stereocenters. The molecule has 2 fully saturated rings. The number of hydrogen-bond donors (Lipinski definition) is 2. The number of nitrogens with zero attached hydrogens (tertiary/aromatic N) is 2. The number of aliphatic hydroxyl groups is 2. The van der Waals surface area contributed by atoms with E-state index >= 15 is 0 Å². The van der Waals surface area contributed by atoms with Crippen LogP contribution >= 0.6 is 11.8 Å². The van der Waals surface area contributed by atoms with Crippen LogP contribution in [-0.4, -0.2) is 38.2 Å². The number of imidazole rings is 1. The molecule has 2 aliphatic rings. The lowest BCUT2D eigenvalue weighted by molar-refractivity contribution is 0.113. The molecule has 124 valence electrons. The van der Waals surface area contributed by atoms with Crippen LogP contribution in [0.5, 0.6) is 0 Å². The second kappa shape index (κ2) is 6.54. The average molecular weight is 324 g/mol. The standard InChI is InChI=1S/C17H28N2O2S/c1-10-11(2)19(17(18-10)22-9-15(21)8-20)12(3)16-7-13-4-5-14(16)6-13/h12-16,20-21H,4-9H2,1-3H3. The molecule has 0 aromatic carbocycles. The van der Waals surface area contributed by atoms with Gasteiger partial charge in [0.2, 0.25) is 0 Å². The smallest absolute Gasteiger partial charge is 0.168 e. The van der Waals surface area contributed by atoms with Gasteiger partial charge in [0.15, 0.2) is 5.16 Å². The first-order valence-electron chi connectivity index (χ1n) is 8.48. The van der Waals surface area contributed by atoms with Crippen LogP contribution in [0.2, 0.25) is 0 Å². The van der Waals surface area contributed by atoms with Gasteiger partial charge in [-0.05, 0) is 57.8 Å². The van der Waals surface area contributed by atoms with E-state index in [1.807, 2.05) is 0 Å². The Morgan fingerprint density at radius 2 is 2.09 bits per heavy atom. The second-order valence-electron chi connectivity index (χ2n) is 7.16. The normalized spacial score (nSPS) is 30.0. The summed E-state index contributed by atoms with van der Waals surface area (Å²) in [5.74, 6) is 3.11. The summed E-state index contributed by atoms with van der Waals surface area (Å²) in [6.45, 7) is 6.37. The minimum Gasteiger partial charge on any atom is -0.394 e. The van der Waals surface area contributed by atoms with Gasteiger partial charge in [-0.3, -0.25) is 0 Å². The van der Waals surface area contributed by atoms with Gasteiger partial charge in [-0.25, -0.2) is 4.98 Å². The van der Waals surface area contributed by atoms with E-state index in [4.69, 9.17) is 10.1 Å². The fourth-order valence-electron chi connectivity index (χ4n) is 4.48. The first-order chi connectivity index (χ1) is 10.5. The summed E-state index contributed by atoms with van der Waals surface area (Å²) in [5.41, 5.74) is 2.33. The summed E-state index contributed by atoms with van der Waals surface area (Å²) in [4.78, 5) is 4.70. The third kappa shape index (κ3) is 2.95. The Bertz CT molecular complexity index is 531. The zero-order chi connectivity index (χ0) is 15.9. The topological polar surface area (TPSA) is 58.3 Å². The molecule has 1 aromatic heterocycles. The first-order valence-corrected chi connectivity index (χ1v) is 9.47. The lowest BCUT2D eigenvalue weighted by Crippen LogP contribution is -2.24. The van der Waals surface area contributed by atoms with Crippen molar-refractivity contribution in [1.82, 2.24) is 9.55 Å². The zero-order valence-electron chi connectivity index (χ0n) is 13.8. The molecule has 0 amide bonds. The van der Waals surface area contributed by atoms with E-state index in [0.717, 1.165) is 28.6 Å². The van der Waals surface area contributed by atoms with Crippen molar-refractivity contribution in [3.8, 4) is 0 Å². The van der Waals surface area contributed by atoms with E-state index in [9.17, 15) is 5.11 Å². The number of fused-ring (bicyclic) bond motifs is 2. The fourth-order valence-corrected chi connectivity index (χ4v) is 5.57. The van der Waals surface area contributed by atoms with Crippen LogP contribution < -0.4 is 0 Å². The highest BCUT2D eigenvalue weighted by Gasteiger charge is 2.43. The van der Waals surface area contributed by atoms with E-state index in [1.54, 1.807) is 11.8 Å². The fraction of sp³-hybridized carbons (Fsp3) is 0.824. The van der Waals surface area contributed by atoms with E-state index in [1.165, 1.54) is 31.4 Å². The maximum absolute atomic E-state index is 9.61. The minimum atomic E-state index is -0.673. The molecular weight excluding hydrogens is 296 g/mol. The maximum Gasteiger partial charge on any atom is 0.168 e. The largest absolute Gasteiger partial charge is 0.394 e. The number of rotatable bonds is 6. The molecule has 2 saturated carbocycles. The molecule has 0 saturated heterocycles. The first kappa shape index (κ1) is 16.3. The van der Waals surface area contributed by atoms with Gasteiger partial charge in [0, 0.05) is 17.5 Å². The lowest BCUT2D eigenvalue weighted by Gasteiger charge is -2.30. The molecule has 5 heteroatoms. The number of aryl methyl sites for hydroxylation is 1. The van der Waals surface area contributed by atoms with Crippen molar-refractivity contribution in [3.63, 3.8) is 0 Å². The summed E-state index contributed by atoms with van der Waals surface area (Å²) in [5, 5.41) is 19.6. The molecule has 0 spiro atoms. The molecular formula is C17H28N2O2S. The maximum atomic E-state index is 9.61. The van der Waals surface area contributed by atoms with Crippen molar-refractivity contribution >= 4 is 11.8 Å². The molecule has 5 unspecified atom stereocenters. The van der Waals surface area contributed by atoms with Crippen LogP contribution in [0.4, 0.5) is 0 Å². The highest BCUT2D eigenvalue weighted by atomic mass is 32.2. The van der Waals surface area contributed by atoms with E-state index in [2.05, 4.69) is 25.3 Å². The molecule has 2 bridgehead atoms. The van der Waals surface area contributed by atoms with Crippen LogP contribution in [0.15, 0.2) is 5.16 Å². The van der Waals surface area contributed by atoms with Crippen LogP contribution in [0.3, 0.4) is 0 Å². The van der Waals surface area contributed by atoms with Crippen molar-refractivity contribution < 1.29 is 10.2 Å². The number of thioether (sulfide) groups is 1. The zero-order valence-corrected chi connectivity index (χ0v) is 14.6. The Morgan fingerprint density at radius 3 is 2.68 bits per heavy atom. The molecule has 3 rings (SSSR count). The summed E-state index contributed by atoms with van der Waals surface area (Å²) in [6, 6.07) is 0.477. The monoisotopic (exact) mass is 324 g/mol. The Hall–Kier alpha value is -0.520.